The van der Waals surface area contributed by atoms with Crippen molar-refractivity contribution in [2.24, 2.45) is 0 Å². The standard InChI is InChI=1S/C48H29NO.C46H28O.C42H26O/c1-2-14-34(15-3-1)49-43-21-11-10-16-35(43)40-27-32(22-24-44(40)49)47-36-17-6-8-19-38(36)48(39-20-9-7-18-37(39)47)33-23-25-45-41(28-33)42-26-30-12-4-5-13-31(30)29-46(42)50-45;1-2-10-32-25-35(22-19-29(32)9-1)30-17-20-31(21-18-30)45-37-13-5-7-15-39(37)46(40-16-8-6-14-38(40)45)36-23-24-43-41(27-36)42-26-33-11-3-4-12-34(33)28-44(42)47-43;1-2-11-27(12-3-1)28-15-10-16-31(23-28)41-33-17-6-8-19-35(33)42(36-20-9-7-18-34(36)41)32-21-22-39-37(25-32)38-24-29-13-4-5-14-30(29)26-40(38)43-39/h1-29H;1-28H;1-26H. The molecule has 0 saturated carbocycles. The van der Waals surface area contributed by atoms with Crippen LogP contribution in [-0.4, -0.2) is 4.57 Å². The van der Waals surface area contributed by atoms with Gasteiger partial charge in [0.1, 0.15) is 33.5 Å². The van der Waals surface area contributed by atoms with Crippen LogP contribution in [0.25, 0.3) is 290 Å². The molecule has 4 nitrogen and oxygen atoms in total. The number of nitrogens with zero attached hydrogens (tertiary/aromatic N) is 1. The smallest absolute Gasteiger partial charge is 0.136 e. The van der Waals surface area contributed by atoms with Gasteiger partial charge < -0.3 is 17.8 Å². The first-order chi connectivity index (χ1) is 69.4. The number of benzene rings is 26. The number of aromatic nitrogens is 1. The van der Waals surface area contributed by atoms with Crippen molar-refractivity contribution in [1.29, 1.82) is 0 Å². The van der Waals surface area contributed by atoms with Gasteiger partial charge in [0.25, 0.3) is 0 Å². The minimum absolute atomic E-state index is 0.909. The molecule has 26 aromatic carbocycles. The maximum absolute atomic E-state index is 6.40. The second-order valence-corrected chi connectivity index (χ2v) is 37.1. The molecule has 0 aliphatic rings. The Hall–Kier alpha value is -18.5. The Bertz CT molecular complexity index is 10200. The lowest BCUT2D eigenvalue weighted by molar-refractivity contribution is 0.669. The van der Waals surface area contributed by atoms with Crippen LogP contribution in [0.4, 0.5) is 0 Å². The molecule has 0 aliphatic carbocycles. The van der Waals surface area contributed by atoms with Crippen molar-refractivity contribution in [2.45, 2.75) is 0 Å². The second kappa shape index (κ2) is 32.7. The summed E-state index contributed by atoms with van der Waals surface area (Å²) in [7, 11) is 0. The molecule has 4 heteroatoms. The fourth-order valence-corrected chi connectivity index (χ4v) is 22.8. The zero-order valence-electron chi connectivity index (χ0n) is 76.1. The molecule has 0 radical (unpaired) electrons. The van der Waals surface area contributed by atoms with E-state index in [-0.39, 0.29) is 0 Å². The summed E-state index contributed by atoms with van der Waals surface area (Å²) < 4.78 is 21.5. The van der Waals surface area contributed by atoms with Gasteiger partial charge in [-0.1, -0.05) is 388 Å². The van der Waals surface area contributed by atoms with E-state index >= 15 is 0 Å². The van der Waals surface area contributed by atoms with E-state index in [2.05, 4.69) is 508 Å². The van der Waals surface area contributed by atoms with Crippen molar-refractivity contribution in [1.82, 2.24) is 4.57 Å². The Morgan fingerprint density at radius 1 is 0.114 bits per heavy atom. The van der Waals surface area contributed by atoms with Crippen molar-refractivity contribution in [3.05, 3.63) is 504 Å². The SMILES string of the molecule is c1ccc(-c2cccc(-c3c4ccccc4c(-c4ccc5oc6cc7ccccc7cc6c5c4)c4ccccc34)c2)cc1.c1ccc(-n2c3ccccc3c3cc(-c4c5ccccc5c(-c5ccc6oc7cc8ccccc8cc7c6c5)c5ccccc45)ccc32)cc1.c1ccc2cc(-c3ccc(-c4c5ccccc5c(-c5ccc6oc7cc8ccccc8cc7c6c5)c5ccccc45)cc3)ccc2c1. The monoisotopic (exact) mass is 1780 g/mol. The minimum atomic E-state index is 0.909. The maximum atomic E-state index is 6.40. The Kier molecular flexibility index (Phi) is 18.7. The van der Waals surface area contributed by atoms with Crippen molar-refractivity contribution in [3.8, 4) is 94.7 Å². The molecule has 0 bridgehead atoms. The van der Waals surface area contributed by atoms with Crippen LogP contribution < -0.4 is 0 Å². The predicted octanol–water partition coefficient (Wildman–Crippen LogP) is 38.7. The van der Waals surface area contributed by atoms with Crippen LogP contribution in [0.3, 0.4) is 0 Å². The summed E-state index contributed by atoms with van der Waals surface area (Å²) in [6.07, 6.45) is 0. The van der Waals surface area contributed by atoms with E-state index in [9.17, 15) is 0 Å². The average molecular weight is 1780 g/mol. The number of hydrogen-bond donors (Lipinski definition) is 0. The van der Waals surface area contributed by atoms with Gasteiger partial charge in [0.05, 0.1) is 11.0 Å². The topological polar surface area (TPSA) is 44.4 Å². The molecule has 0 saturated heterocycles. The summed E-state index contributed by atoms with van der Waals surface area (Å²) in [5.74, 6) is 0. The molecule has 0 atom stereocenters. The van der Waals surface area contributed by atoms with Crippen LogP contribution in [0.15, 0.2) is 517 Å². The normalized spacial score (nSPS) is 11.9. The third-order valence-electron chi connectivity index (χ3n) is 29.2. The molecule has 650 valence electrons. The van der Waals surface area contributed by atoms with E-state index in [4.69, 9.17) is 13.3 Å². The molecule has 0 amide bonds. The van der Waals surface area contributed by atoms with Gasteiger partial charge in [0.15, 0.2) is 0 Å². The summed E-state index contributed by atoms with van der Waals surface area (Å²) in [5.41, 5.74) is 28.8. The summed E-state index contributed by atoms with van der Waals surface area (Å²) >= 11 is 0. The van der Waals surface area contributed by atoms with Crippen LogP contribution in [0.1, 0.15) is 0 Å². The van der Waals surface area contributed by atoms with E-state index in [0.717, 1.165) is 65.8 Å². The van der Waals surface area contributed by atoms with Gasteiger partial charge in [0, 0.05) is 48.8 Å². The van der Waals surface area contributed by atoms with Crippen LogP contribution in [0, 0.1) is 0 Å². The molecule has 0 spiro atoms. The number of rotatable bonds is 9. The predicted molar refractivity (Wildman–Crippen MR) is 594 cm³/mol. The highest BCUT2D eigenvalue weighted by molar-refractivity contribution is 6.27. The number of hydrogen-bond acceptors (Lipinski definition) is 3. The first-order valence-electron chi connectivity index (χ1n) is 48.1. The zero-order valence-corrected chi connectivity index (χ0v) is 76.1. The highest BCUT2D eigenvalue weighted by atomic mass is 16.3. The van der Waals surface area contributed by atoms with Gasteiger partial charge >= 0.3 is 0 Å². The Morgan fingerprint density at radius 2 is 0.357 bits per heavy atom. The van der Waals surface area contributed by atoms with Gasteiger partial charge in [0.2, 0.25) is 0 Å². The molecule has 4 aromatic heterocycles. The lowest BCUT2D eigenvalue weighted by atomic mass is 9.85. The molecule has 140 heavy (non-hydrogen) atoms. The van der Waals surface area contributed by atoms with Crippen molar-refractivity contribution in [3.63, 3.8) is 0 Å². The molecular weight excluding hydrogens is 1700 g/mol. The van der Waals surface area contributed by atoms with Crippen LogP contribution in [0.2, 0.25) is 0 Å². The minimum Gasteiger partial charge on any atom is -0.456 e. The number of furan rings is 3. The molecular formula is C136H83NO3. The van der Waals surface area contributed by atoms with Gasteiger partial charge in [-0.15, -0.1) is 0 Å². The molecule has 30 rings (SSSR count). The van der Waals surface area contributed by atoms with Crippen LogP contribution in [-0.2, 0) is 0 Å². The fraction of sp³-hybridized carbons (Fsp3) is 0. The second-order valence-electron chi connectivity index (χ2n) is 37.1. The fourth-order valence-electron chi connectivity index (χ4n) is 22.8. The van der Waals surface area contributed by atoms with Crippen LogP contribution >= 0.6 is 0 Å². The largest absolute Gasteiger partial charge is 0.456 e. The Morgan fingerprint density at radius 3 is 0.750 bits per heavy atom. The van der Waals surface area contributed by atoms with Crippen molar-refractivity contribution < 1.29 is 13.3 Å². The van der Waals surface area contributed by atoms with Gasteiger partial charge in [-0.3, -0.25) is 0 Å². The highest BCUT2D eigenvalue weighted by Gasteiger charge is 2.26. The Labute approximate surface area is 805 Å². The van der Waals surface area contributed by atoms with E-state index < -0.39 is 0 Å². The molecule has 0 fully saturated rings. The van der Waals surface area contributed by atoms with E-state index in [1.54, 1.807) is 0 Å². The quantitative estimate of drug-likeness (QED) is 0.135. The van der Waals surface area contributed by atoms with Gasteiger partial charge in [-0.05, 0) is 312 Å². The first kappa shape index (κ1) is 80.0. The summed E-state index contributed by atoms with van der Waals surface area (Å²) in [6, 6.07) is 182. The first-order valence-corrected chi connectivity index (χ1v) is 48.1. The van der Waals surface area contributed by atoms with Gasteiger partial charge in [-0.25, -0.2) is 0 Å². The van der Waals surface area contributed by atoms with E-state index in [0.29, 0.717) is 0 Å². The van der Waals surface area contributed by atoms with E-state index in [1.807, 2.05) is 0 Å². The van der Waals surface area contributed by atoms with Crippen molar-refractivity contribution in [2.75, 3.05) is 0 Å². The lowest BCUT2D eigenvalue weighted by Gasteiger charge is -2.18. The molecule has 4 heterocycles. The van der Waals surface area contributed by atoms with Gasteiger partial charge in [-0.2, -0.15) is 0 Å². The summed E-state index contributed by atoms with van der Waals surface area (Å²) in [4.78, 5) is 0. The van der Waals surface area contributed by atoms with Crippen molar-refractivity contribution >= 4 is 195 Å². The summed E-state index contributed by atoms with van der Waals surface area (Å²) in [5, 5.41) is 34.1. The number of para-hydroxylation sites is 2. The van der Waals surface area contributed by atoms with Crippen LogP contribution in [0.5, 0.6) is 0 Å². The number of fused-ring (bicyclic) bond motifs is 22. The maximum Gasteiger partial charge on any atom is 0.136 e. The molecule has 0 unspecified atom stereocenters. The molecule has 0 N–H and O–H groups in total. The summed E-state index contributed by atoms with van der Waals surface area (Å²) in [6.45, 7) is 0. The molecule has 30 aromatic rings. The lowest BCUT2D eigenvalue weighted by Crippen LogP contribution is -1.93. The Balaban J connectivity index is 0.000000103. The highest BCUT2D eigenvalue weighted by Crippen LogP contribution is 2.52. The average Bonchev–Trinajstić information content (AvgIpc) is 1.50. The third kappa shape index (κ3) is 13.3. The zero-order chi connectivity index (χ0) is 92.0. The van der Waals surface area contributed by atoms with E-state index in [1.165, 1.54) is 224 Å². The third-order valence-corrected chi connectivity index (χ3v) is 29.2. The molecule has 0 aliphatic heterocycles.